The van der Waals surface area contributed by atoms with Crippen molar-refractivity contribution in [2.24, 2.45) is 0 Å². The van der Waals surface area contributed by atoms with Gasteiger partial charge in [0.05, 0.1) is 0 Å². The maximum Gasteiger partial charge on any atom is 0.0212 e. The van der Waals surface area contributed by atoms with Crippen LogP contribution in [0.5, 0.6) is 0 Å². The first-order valence-corrected chi connectivity index (χ1v) is 10.5. The molecule has 133 valence electrons. The Labute approximate surface area is 154 Å². The van der Waals surface area contributed by atoms with Gasteiger partial charge in [0, 0.05) is 6.42 Å². The Kier molecular flexibility index (Phi) is 7.15. The summed E-state index contributed by atoms with van der Waals surface area (Å²) in [4.78, 5) is 0. The summed E-state index contributed by atoms with van der Waals surface area (Å²) in [5.74, 6) is 0. The van der Waals surface area contributed by atoms with Gasteiger partial charge in [0.1, 0.15) is 0 Å². The molecular weight excluding hydrogens is 300 g/mol. The predicted octanol–water partition coefficient (Wildman–Crippen LogP) is 7.73. The van der Waals surface area contributed by atoms with Crippen molar-refractivity contribution in [3.05, 3.63) is 65.6 Å². The third-order valence-corrected chi connectivity index (χ3v) is 5.50. The maximum absolute atomic E-state index is 2.41. The summed E-state index contributed by atoms with van der Waals surface area (Å²) in [7, 11) is 0. The van der Waals surface area contributed by atoms with Gasteiger partial charge in [-0.2, -0.15) is 0 Å². The molecule has 0 N–H and O–H groups in total. The van der Waals surface area contributed by atoms with E-state index in [1.807, 2.05) is 0 Å². The van der Waals surface area contributed by atoms with Crippen molar-refractivity contribution in [2.75, 3.05) is 0 Å². The van der Waals surface area contributed by atoms with Crippen LogP contribution >= 0.6 is 0 Å². The van der Waals surface area contributed by atoms with E-state index >= 15 is 0 Å². The lowest BCUT2D eigenvalue weighted by Gasteiger charge is -2.06. The summed E-state index contributed by atoms with van der Waals surface area (Å²) < 4.78 is 0. The van der Waals surface area contributed by atoms with Crippen LogP contribution in [0.3, 0.4) is 0 Å². The van der Waals surface area contributed by atoms with Gasteiger partial charge in [-0.3, -0.25) is 0 Å². The van der Waals surface area contributed by atoms with Crippen LogP contribution in [0.15, 0.2) is 42.5 Å². The zero-order valence-electron chi connectivity index (χ0n) is 15.9. The topological polar surface area (TPSA) is 0 Å². The van der Waals surface area contributed by atoms with E-state index in [-0.39, 0.29) is 0 Å². The second kappa shape index (κ2) is 9.80. The van der Waals surface area contributed by atoms with E-state index in [0.29, 0.717) is 0 Å². The molecular formula is C25H33. The molecule has 1 radical (unpaired) electrons. The van der Waals surface area contributed by atoms with Gasteiger partial charge in [0.25, 0.3) is 0 Å². The average Bonchev–Trinajstić information content (AvgIpc) is 3.01. The van der Waals surface area contributed by atoms with Gasteiger partial charge < -0.3 is 0 Å². The van der Waals surface area contributed by atoms with Gasteiger partial charge in [-0.1, -0.05) is 107 Å². The largest absolute Gasteiger partial charge is 0.0654 e. The fourth-order valence-corrected chi connectivity index (χ4v) is 3.98. The molecule has 2 aromatic carbocycles. The van der Waals surface area contributed by atoms with Gasteiger partial charge in [-0.15, -0.1) is 0 Å². The summed E-state index contributed by atoms with van der Waals surface area (Å²) in [6.45, 7) is 2.29. The molecule has 0 saturated heterocycles. The van der Waals surface area contributed by atoms with Crippen LogP contribution in [0.25, 0.3) is 11.1 Å². The Morgan fingerprint density at radius 1 is 0.600 bits per heavy atom. The first kappa shape index (κ1) is 18.2. The van der Waals surface area contributed by atoms with Crippen LogP contribution in [0.4, 0.5) is 0 Å². The van der Waals surface area contributed by atoms with Crippen molar-refractivity contribution in [2.45, 2.75) is 77.6 Å². The Balaban J connectivity index is 1.33. The number of fused-ring (bicyclic) bond motifs is 3. The summed E-state index contributed by atoms with van der Waals surface area (Å²) in [5, 5.41) is 0. The monoisotopic (exact) mass is 333 g/mol. The van der Waals surface area contributed by atoms with Crippen molar-refractivity contribution in [1.82, 2.24) is 0 Å². The maximum atomic E-state index is 2.41. The molecule has 1 aliphatic rings. The number of unbranched alkanes of at least 4 members (excludes halogenated alkanes) is 9. The molecule has 0 fully saturated rings. The molecule has 0 nitrogen and oxygen atoms in total. The molecule has 0 heterocycles. The highest BCUT2D eigenvalue weighted by atomic mass is 14.2. The lowest BCUT2D eigenvalue weighted by atomic mass is 9.99. The first-order valence-electron chi connectivity index (χ1n) is 10.5. The number of benzene rings is 2. The van der Waals surface area contributed by atoms with Crippen LogP contribution in [-0.4, -0.2) is 0 Å². The van der Waals surface area contributed by atoms with E-state index in [2.05, 4.69) is 55.8 Å². The molecule has 0 saturated carbocycles. The Hall–Kier alpha value is -1.56. The molecule has 0 aromatic heterocycles. The lowest BCUT2D eigenvalue weighted by Crippen LogP contribution is -1.89. The minimum atomic E-state index is 1.23. The molecule has 0 aliphatic heterocycles. The minimum Gasteiger partial charge on any atom is -0.0654 e. The van der Waals surface area contributed by atoms with E-state index in [1.54, 1.807) is 0 Å². The normalized spacial score (nSPS) is 12.2. The SMILES string of the molecule is CCCCCCCCCCCCc1ccc2c(c1)[CH]c1ccccc1-2. The fourth-order valence-electron chi connectivity index (χ4n) is 3.98. The van der Waals surface area contributed by atoms with Crippen LogP contribution in [0.2, 0.25) is 0 Å². The summed E-state index contributed by atoms with van der Waals surface area (Å²) in [6.07, 6.45) is 17.7. The highest BCUT2D eigenvalue weighted by molar-refractivity contribution is 5.81. The van der Waals surface area contributed by atoms with E-state index < -0.39 is 0 Å². The second-order valence-corrected chi connectivity index (χ2v) is 7.59. The number of rotatable bonds is 11. The molecule has 1 aliphatic carbocycles. The Morgan fingerprint density at radius 2 is 1.24 bits per heavy atom. The van der Waals surface area contributed by atoms with Crippen LogP contribution in [0.1, 0.15) is 87.8 Å². The summed E-state index contributed by atoms with van der Waals surface area (Å²) in [5.41, 5.74) is 7.08. The van der Waals surface area contributed by atoms with Crippen LogP contribution in [-0.2, 0) is 6.42 Å². The second-order valence-electron chi connectivity index (χ2n) is 7.59. The standard InChI is InChI=1S/C25H33/c1-2-3-4-5-6-7-8-9-10-11-14-21-17-18-25-23(19-21)20-22-15-12-13-16-24(22)25/h12-13,15-20H,2-11,14H2,1H3. The fraction of sp³-hybridized carbons (Fsp3) is 0.480. The third kappa shape index (κ3) is 5.21. The van der Waals surface area contributed by atoms with E-state index in [1.165, 1.54) is 98.4 Å². The van der Waals surface area contributed by atoms with Crippen LogP contribution < -0.4 is 0 Å². The zero-order chi connectivity index (χ0) is 17.3. The molecule has 0 bridgehead atoms. The van der Waals surface area contributed by atoms with E-state index in [0.717, 1.165) is 0 Å². The van der Waals surface area contributed by atoms with Gasteiger partial charge in [-0.25, -0.2) is 0 Å². The van der Waals surface area contributed by atoms with E-state index in [4.69, 9.17) is 0 Å². The molecule has 25 heavy (non-hydrogen) atoms. The summed E-state index contributed by atoms with van der Waals surface area (Å²) in [6, 6.07) is 15.8. The first-order chi connectivity index (χ1) is 12.4. The van der Waals surface area contributed by atoms with Gasteiger partial charge in [0.15, 0.2) is 0 Å². The summed E-state index contributed by atoms with van der Waals surface area (Å²) >= 11 is 0. The molecule has 0 atom stereocenters. The smallest absolute Gasteiger partial charge is 0.0212 e. The molecule has 0 unspecified atom stereocenters. The van der Waals surface area contributed by atoms with Gasteiger partial charge in [0.2, 0.25) is 0 Å². The van der Waals surface area contributed by atoms with Crippen molar-refractivity contribution < 1.29 is 0 Å². The Bertz CT molecular complexity index is 653. The molecule has 0 amide bonds. The Morgan fingerprint density at radius 3 is 2.00 bits per heavy atom. The molecule has 2 aromatic rings. The van der Waals surface area contributed by atoms with E-state index in [9.17, 15) is 0 Å². The number of aryl methyl sites for hydroxylation is 1. The van der Waals surface area contributed by atoms with Crippen molar-refractivity contribution >= 4 is 0 Å². The molecule has 3 rings (SSSR count). The molecule has 0 spiro atoms. The van der Waals surface area contributed by atoms with Gasteiger partial charge >= 0.3 is 0 Å². The van der Waals surface area contributed by atoms with Crippen molar-refractivity contribution in [1.29, 1.82) is 0 Å². The highest BCUT2D eigenvalue weighted by Crippen LogP contribution is 2.38. The molecule has 0 heteroatoms. The van der Waals surface area contributed by atoms with Crippen molar-refractivity contribution in [3.8, 4) is 11.1 Å². The lowest BCUT2D eigenvalue weighted by molar-refractivity contribution is 0.556. The van der Waals surface area contributed by atoms with Crippen molar-refractivity contribution in [3.63, 3.8) is 0 Å². The predicted molar refractivity (Wildman–Crippen MR) is 110 cm³/mol. The quantitative estimate of drug-likeness (QED) is 0.315. The minimum absolute atomic E-state index is 1.23. The zero-order valence-corrected chi connectivity index (χ0v) is 15.9. The van der Waals surface area contributed by atoms with Crippen LogP contribution in [0, 0.1) is 6.42 Å². The average molecular weight is 334 g/mol. The van der Waals surface area contributed by atoms with Gasteiger partial charge in [-0.05, 0) is 40.7 Å². The number of hydrogen-bond donors (Lipinski definition) is 0. The number of hydrogen-bond acceptors (Lipinski definition) is 0. The highest BCUT2D eigenvalue weighted by Gasteiger charge is 2.17. The third-order valence-electron chi connectivity index (χ3n) is 5.50.